The van der Waals surface area contributed by atoms with Gasteiger partial charge >= 0.3 is 5.97 Å². The summed E-state index contributed by atoms with van der Waals surface area (Å²) in [6.07, 6.45) is 1.72. The number of nitrogens with one attached hydrogen (secondary N) is 1. The van der Waals surface area contributed by atoms with E-state index < -0.39 is 23.0 Å². The minimum absolute atomic E-state index is 0.120. The predicted molar refractivity (Wildman–Crippen MR) is 137 cm³/mol. The van der Waals surface area contributed by atoms with Crippen molar-refractivity contribution in [3.05, 3.63) is 99.5 Å². The van der Waals surface area contributed by atoms with Gasteiger partial charge in [-0.15, -0.1) is 0 Å². The van der Waals surface area contributed by atoms with Gasteiger partial charge in [-0.05, 0) is 55.3 Å². The predicted octanol–water partition coefficient (Wildman–Crippen LogP) is 5.15. The zero-order chi connectivity index (χ0) is 24.7. The number of carbonyl (C=O) groups is 2. The molecule has 36 heavy (non-hydrogen) atoms. The van der Waals surface area contributed by atoms with Crippen LogP contribution >= 0.6 is 23.2 Å². The fourth-order valence-corrected chi connectivity index (χ4v) is 7.18. The number of para-hydroxylation sites is 1. The van der Waals surface area contributed by atoms with Crippen LogP contribution in [0.1, 0.15) is 35.4 Å². The molecule has 0 radical (unpaired) electrons. The van der Waals surface area contributed by atoms with Gasteiger partial charge in [0.1, 0.15) is 0 Å². The van der Waals surface area contributed by atoms with Crippen LogP contribution in [-0.4, -0.2) is 40.8 Å². The average Bonchev–Trinajstić information content (AvgIpc) is 3.61. The highest BCUT2D eigenvalue weighted by molar-refractivity contribution is 6.42. The molecule has 4 aliphatic heterocycles. The Balaban J connectivity index is 1.57. The summed E-state index contributed by atoms with van der Waals surface area (Å²) in [4.78, 5) is 35.7. The SMILES string of the molecule is O=C1OC(c2ccccc2)=N[C@@]12[C@H](c1ccc(Cl)c(Cl)c1)[C@H]1CCCN1[C@]21C(=O)Nc2ccccc21. The molecule has 3 aromatic rings. The van der Waals surface area contributed by atoms with Gasteiger partial charge in [0.25, 0.3) is 5.91 Å². The van der Waals surface area contributed by atoms with Gasteiger partial charge in [-0.25, -0.2) is 9.79 Å². The van der Waals surface area contributed by atoms with Crippen molar-refractivity contribution in [2.75, 3.05) is 11.9 Å². The Morgan fingerprint density at radius 1 is 0.972 bits per heavy atom. The van der Waals surface area contributed by atoms with E-state index >= 15 is 0 Å². The number of anilines is 1. The molecule has 4 aliphatic rings. The highest BCUT2D eigenvalue weighted by atomic mass is 35.5. The Bertz CT molecular complexity index is 1480. The largest absolute Gasteiger partial charge is 0.405 e. The highest BCUT2D eigenvalue weighted by Gasteiger charge is 2.80. The van der Waals surface area contributed by atoms with E-state index in [0.717, 1.165) is 24.0 Å². The summed E-state index contributed by atoms with van der Waals surface area (Å²) < 4.78 is 5.95. The van der Waals surface area contributed by atoms with Gasteiger partial charge in [-0.2, -0.15) is 0 Å². The first kappa shape index (κ1) is 22.0. The minimum atomic E-state index is -1.54. The van der Waals surface area contributed by atoms with Crippen molar-refractivity contribution < 1.29 is 14.3 Å². The molecule has 8 heteroatoms. The summed E-state index contributed by atoms with van der Waals surface area (Å²) in [5.74, 6) is -1.03. The number of aliphatic imine (C=N–C) groups is 1. The van der Waals surface area contributed by atoms with E-state index in [4.69, 9.17) is 32.9 Å². The summed E-state index contributed by atoms with van der Waals surface area (Å²) in [7, 11) is 0. The number of rotatable bonds is 2. The van der Waals surface area contributed by atoms with Crippen LogP contribution in [0.25, 0.3) is 0 Å². The second-order valence-electron chi connectivity index (χ2n) is 9.70. The smallest absolute Gasteiger partial charge is 0.344 e. The van der Waals surface area contributed by atoms with Gasteiger partial charge in [0.05, 0.1) is 10.0 Å². The zero-order valence-electron chi connectivity index (χ0n) is 19.1. The van der Waals surface area contributed by atoms with Crippen molar-refractivity contribution in [1.29, 1.82) is 0 Å². The summed E-state index contributed by atoms with van der Waals surface area (Å²) in [5.41, 5.74) is 0.0412. The van der Waals surface area contributed by atoms with Gasteiger partial charge in [0.15, 0.2) is 5.54 Å². The Kier molecular flexibility index (Phi) is 4.69. The maximum Gasteiger partial charge on any atom is 0.344 e. The second-order valence-corrected chi connectivity index (χ2v) is 10.5. The number of nitrogens with zero attached hydrogens (tertiary/aromatic N) is 2. The van der Waals surface area contributed by atoms with Gasteiger partial charge in [-0.3, -0.25) is 9.69 Å². The molecular formula is C28H21Cl2N3O3. The number of fused-ring (bicyclic) bond motifs is 5. The number of hydrogen-bond acceptors (Lipinski definition) is 5. The van der Waals surface area contributed by atoms with Crippen molar-refractivity contribution in [2.24, 2.45) is 4.99 Å². The number of halogens is 2. The maximum atomic E-state index is 14.3. The van der Waals surface area contributed by atoms with Gasteiger partial charge < -0.3 is 10.1 Å². The van der Waals surface area contributed by atoms with E-state index in [9.17, 15) is 9.59 Å². The highest BCUT2D eigenvalue weighted by Crippen LogP contribution is 2.65. The molecule has 6 nitrogen and oxygen atoms in total. The van der Waals surface area contributed by atoms with Crippen LogP contribution in [0, 0.1) is 0 Å². The molecule has 1 N–H and O–H groups in total. The number of esters is 1. The molecule has 0 bridgehead atoms. The number of cyclic esters (lactones) is 1. The number of carbonyl (C=O) groups excluding carboxylic acids is 2. The van der Waals surface area contributed by atoms with Crippen LogP contribution in [0.5, 0.6) is 0 Å². The normalized spacial score (nSPS) is 30.4. The number of ether oxygens (including phenoxy) is 1. The molecule has 0 saturated carbocycles. The van der Waals surface area contributed by atoms with Crippen LogP contribution in [-0.2, 0) is 19.9 Å². The van der Waals surface area contributed by atoms with Gasteiger partial charge in [-0.1, -0.05) is 65.7 Å². The summed E-state index contributed by atoms with van der Waals surface area (Å²) >= 11 is 12.7. The molecule has 2 fully saturated rings. The van der Waals surface area contributed by atoms with Crippen molar-refractivity contribution in [1.82, 2.24) is 4.90 Å². The van der Waals surface area contributed by atoms with Gasteiger partial charge in [0, 0.05) is 28.8 Å². The van der Waals surface area contributed by atoms with Crippen LogP contribution < -0.4 is 5.32 Å². The Hall–Kier alpha value is -3.19. The van der Waals surface area contributed by atoms with Crippen LogP contribution in [0.2, 0.25) is 10.0 Å². The van der Waals surface area contributed by atoms with Crippen molar-refractivity contribution >= 4 is 46.7 Å². The van der Waals surface area contributed by atoms with Crippen LogP contribution in [0.3, 0.4) is 0 Å². The zero-order valence-corrected chi connectivity index (χ0v) is 20.6. The molecule has 1 amide bonds. The van der Waals surface area contributed by atoms with Crippen molar-refractivity contribution in [3.63, 3.8) is 0 Å². The first-order valence-electron chi connectivity index (χ1n) is 12.0. The Morgan fingerprint density at radius 2 is 1.75 bits per heavy atom. The first-order chi connectivity index (χ1) is 17.5. The third-order valence-electron chi connectivity index (χ3n) is 8.11. The molecule has 3 aromatic carbocycles. The van der Waals surface area contributed by atoms with Crippen LogP contribution in [0.15, 0.2) is 77.8 Å². The molecule has 0 aliphatic carbocycles. The number of hydrogen-bond donors (Lipinski definition) is 1. The summed E-state index contributed by atoms with van der Waals surface area (Å²) in [6.45, 7) is 0.662. The van der Waals surface area contributed by atoms with E-state index in [2.05, 4.69) is 10.2 Å². The molecular weight excluding hydrogens is 497 g/mol. The van der Waals surface area contributed by atoms with E-state index in [0.29, 0.717) is 27.8 Å². The standard InChI is InChI=1S/C28H21Cl2N3O3/c29-19-13-12-17(15-20(19)30)23-22-11-6-14-33(22)28(18-9-4-5-10-21(18)31-25(28)34)27(23)26(35)36-24(32-27)16-7-2-1-3-8-16/h1-5,7-10,12-13,15,22-23H,6,11,14H2,(H,31,34)/t22-,23-,27+,28-/m1/s1. The lowest BCUT2D eigenvalue weighted by atomic mass is 9.66. The fourth-order valence-electron chi connectivity index (χ4n) is 6.88. The number of amides is 1. The summed E-state index contributed by atoms with van der Waals surface area (Å²) in [5, 5.41) is 3.88. The van der Waals surface area contributed by atoms with Crippen molar-refractivity contribution in [3.8, 4) is 0 Å². The molecule has 0 aromatic heterocycles. The van der Waals surface area contributed by atoms with Crippen LogP contribution in [0.4, 0.5) is 5.69 Å². The Labute approximate surface area is 217 Å². The minimum Gasteiger partial charge on any atom is -0.405 e. The topological polar surface area (TPSA) is 71.0 Å². The molecule has 4 atom stereocenters. The summed E-state index contributed by atoms with van der Waals surface area (Å²) in [6, 6.07) is 22.2. The molecule has 4 heterocycles. The average molecular weight is 518 g/mol. The maximum absolute atomic E-state index is 14.3. The molecule has 2 saturated heterocycles. The Morgan fingerprint density at radius 3 is 2.56 bits per heavy atom. The van der Waals surface area contributed by atoms with Gasteiger partial charge in [0.2, 0.25) is 11.4 Å². The first-order valence-corrected chi connectivity index (χ1v) is 12.7. The third kappa shape index (κ3) is 2.59. The quantitative estimate of drug-likeness (QED) is 0.477. The third-order valence-corrected chi connectivity index (χ3v) is 8.85. The van der Waals surface area contributed by atoms with E-state index in [1.807, 2.05) is 60.7 Å². The number of benzene rings is 3. The lowest BCUT2D eigenvalue weighted by Crippen LogP contribution is -2.62. The van der Waals surface area contributed by atoms with E-state index in [-0.39, 0.29) is 17.8 Å². The monoisotopic (exact) mass is 517 g/mol. The second kappa shape index (κ2) is 7.65. The molecule has 180 valence electrons. The molecule has 2 spiro atoms. The molecule has 0 unspecified atom stereocenters. The van der Waals surface area contributed by atoms with E-state index in [1.165, 1.54) is 0 Å². The fraction of sp³-hybridized carbons (Fsp3) is 0.250. The lowest BCUT2D eigenvalue weighted by molar-refractivity contribution is -0.148. The van der Waals surface area contributed by atoms with Crippen molar-refractivity contribution in [2.45, 2.75) is 35.9 Å². The van der Waals surface area contributed by atoms with E-state index in [1.54, 1.807) is 12.1 Å². The molecule has 7 rings (SSSR count). The lowest BCUT2D eigenvalue weighted by Gasteiger charge is -2.40.